The summed E-state index contributed by atoms with van der Waals surface area (Å²) in [5, 5.41) is 0. The molecule has 0 N–H and O–H groups in total. The maximum atomic E-state index is 10.8. The van der Waals surface area contributed by atoms with E-state index < -0.39 is 0 Å². The van der Waals surface area contributed by atoms with Crippen LogP contribution in [-0.4, -0.2) is 17.4 Å². The smallest absolute Gasteiger partial charge is 0.234 e. The molecule has 1 fully saturated rings. The van der Waals surface area contributed by atoms with Crippen LogP contribution in [0.15, 0.2) is 0 Å². The van der Waals surface area contributed by atoms with Gasteiger partial charge in [0.15, 0.2) is 0 Å². The topological polar surface area (TPSA) is 20.3 Å². The molecule has 9 heavy (non-hydrogen) atoms. The van der Waals surface area contributed by atoms with Crippen LogP contribution in [0, 0.1) is 12.5 Å². The maximum absolute atomic E-state index is 10.8. The average molecular weight is 123 g/mol. The van der Waals surface area contributed by atoms with Gasteiger partial charge in [-0.2, -0.15) is 0 Å². The number of amides is 1. The van der Waals surface area contributed by atoms with Crippen LogP contribution < -0.4 is 0 Å². The average Bonchev–Trinajstić information content (AvgIpc) is 1.89. The molecule has 0 atom stereocenters. The number of nitrogens with zero attached hydrogens (tertiary/aromatic N) is 1. The highest BCUT2D eigenvalue weighted by molar-refractivity contribution is 5.78. The van der Waals surface area contributed by atoms with Crippen LogP contribution in [0.2, 0.25) is 0 Å². The van der Waals surface area contributed by atoms with E-state index in [-0.39, 0.29) is 5.91 Å². The molecule has 1 aliphatic rings. The Morgan fingerprint density at radius 2 is 2.33 bits per heavy atom. The van der Waals surface area contributed by atoms with Gasteiger partial charge in [0.05, 0.1) is 0 Å². The van der Waals surface area contributed by atoms with E-state index in [0.717, 1.165) is 19.4 Å². The molecule has 0 bridgehead atoms. The fourth-order valence-electron chi connectivity index (χ4n) is 0.942. The molecule has 2 heteroatoms. The van der Waals surface area contributed by atoms with E-state index in [1.54, 1.807) is 0 Å². The molecule has 0 saturated carbocycles. The summed E-state index contributed by atoms with van der Waals surface area (Å²) in [6, 6.07) is 2.34. The van der Waals surface area contributed by atoms with Crippen molar-refractivity contribution in [2.75, 3.05) is 6.54 Å². The van der Waals surface area contributed by atoms with E-state index in [9.17, 15) is 4.79 Å². The van der Waals surface area contributed by atoms with Gasteiger partial charge in [-0.05, 0) is 12.8 Å². The van der Waals surface area contributed by atoms with Crippen LogP contribution in [0.25, 0.3) is 0 Å². The molecule has 1 saturated heterocycles. The first-order valence-corrected chi connectivity index (χ1v) is 3.11. The van der Waals surface area contributed by atoms with E-state index in [0.29, 0.717) is 6.42 Å². The van der Waals surface area contributed by atoms with Crippen LogP contribution in [0.3, 0.4) is 0 Å². The number of rotatable bonds is 0. The van der Waals surface area contributed by atoms with Gasteiger partial charge in [-0.3, -0.25) is 9.69 Å². The Morgan fingerprint density at radius 1 is 1.56 bits per heavy atom. The Kier molecular flexibility index (Phi) is 1.74. The zero-order chi connectivity index (χ0) is 6.69. The van der Waals surface area contributed by atoms with E-state index in [1.807, 2.05) is 0 Å². The van der Waals surface area contributed by atoms with Crippen molar-refractivity contribution in [3.63, 3.8) is 0 Å². The van der Waals surface area contributed by atoms with Crippen molar-refractivity contribution in [3.8, 4) is 12.5 Å². The minimum atomic E-state index is 0.101. The molecule has 0 aromatic rings. The van der Waals surface area contributed by atoms with E-state index in [4.69, 9.17) is 6.42 Å². The van der Waals surface area contributed by atoms with E-state index in [2.05, 4.69) is 6.04 Å². The van der Waals surface area contributed by atoms with Crippen LogP contribution in [0.1, 0.15) is 19.3 Å². The van der Waals surface area contributed by atoms with Gasteiger partial charge in [0.1, 0.15) is 0 Å². The normalized spacial score (nSPS) is 19.4. The zero-order valence-corrected chi connectivity index (χ0v) is 5.26. The fraction of sp³-hybridized carbons (Fsp3) is 0.571. The van der Waals surface area contributed by atoms with E-state index >= 15 is 0 Å². The minimum Gasteiger partial charge on any atom is -0.274 e. The maximum Gasteiger partial charge on any atom is 0.234 e. The van der Waals surface area contributed by atoms with Crippen molar-refractivity contribution >= 4 is 5.91 Å². The van der Waals surface area contributed by atoms with Crippen LogP contribution in [0.5, 0.6) is 0 Å². The lowest BCUT2D eigenvalue weighted by atomic mass is 10.1. The second-order valence-electron chi connectivity index (χ2n) is 2.13. The highest BCUT2D eigenvalue weighted by atomic mass is 16.2. The molecule has 1 heterocycles. The van der Waals surface area contributed by atoms with Gasteiger partial charge in [-0.15, -0.1) is 0 Å². The highest BCUT2D eigenvalue weighted by Gasteiger charge is 2.14. The summed E-state index contributed by atoms with van der Waals surface area (Å²) in [5.41, 5.74) is 0. The molecule has 0 spiro atoms. The van der Waals surface area contributed by atoms with Crippen molar-refractivity contribution in [2.24, 2.45) is 0 Å². The first-order valence-electron chi connectivity index (χ1n) is 3.11. The van der Waals surface area contributed by atoms with Crippen molar-refractivity contribution in [3.05, 3.63) is 0 Å². The molecule has 1 aliphatic heterocycles. The Bertz CT molecular complexity index is 157. The second-order valence-corrected chi connectivity index (χ2v) is 2.13. The predicted octanol–water partition coefficient (Wildman–Crippen LogP) is 0.590. The number of likely N-dealkylation sites (tertiary alicyclic amines) is 1. The third kappa shape index (κ3) is 1.23. The summed E-state index contributed by atoms with van der Waals surface area (Å²) >= 11 is 0. The summed E-state index contributed by atoms with van der Waals surface area (Å²) in [4.78, 5) is 12.3. The Labute approximate surface area is 54.8 Å². The number of carbonyl (C=O) groups is 1. The third-order valence-corrected chi connectivity index (χ3v) is 1.48. The molecule has 2 nitrogen and oxygen atoms in total. The van der Waals surface area contributed by atoms with Gasteiger partial charge in [-0.25, -0.2) is 0 Å². The number of piperidine rings is 1. The Hall–Kier alpha value is -0.970. The first-order chi connectivity index (χ1) is 4.34. The SMILES string of the molecule is C#CN1CCCCC1=O. The number of carbonyl (C=O) groups excluding carboxylic acids is 1. The molecule has 0 aliphatic carbocycles. The van der Waals surface area contributed by atoms with Crippen LogP contribution in [-0.2, 0) is 4.79 Å². The largest absolute Gasteiger partial charge is 0.274 e. The molecule has 1 amide bonds. The monoisotopic (exact) mass is 123 g/mol. The molecular weight excluding hydrogens is 114 g/mol. The molecule has 0 aromatic carbocycles. The number of hydrogen-bond acceptors (Lipinski definition) is 1. The Balaban J connectivity index is 2.51. The van der Waals surface area contributed by atoms with Crippen LogP contribution in [0.4, 0.5) is 0 Å². The van der Waals surface area contributed by atoms with E-state index in [1.165, 1.54) is 4.90 Å². The second kappa shape index (κ2) is 2.54. The summed E-state index contributed by atoms with van der Waals surface area (Å²) in [6.07, 6.45) is 7.73. The lowest BCUT2D eigenvalue weighted by Gasteiger charge is -2.19. The van der Waals surface area contributed by atoms with Gasteiger partial charge in [0.25, 0.3) is 0 Å². The van der Waals surface area contributed by atoms with Crippen molar-refractivity contribution in [1.29, 1.82) is 0 Å². The third-order valence-electron chi connectivity index (χ3n) is 1.48. The van der Waals surface area contributed by atoms with Gasteiger partial charge >= 0.3 is 0 Å². The lowest BCUT2D eigenvalue weighted by Crippen LogP contribution is -2.30. The Morgan fingerprint density at radius 3 is 2.78 bits per heavy atom. The van der Waals surface area contributed by atoms with Crippen LogP contribution >= 0.6 is 0 Å². The zero-order valence-electron chi connectivity index (χ0n) is 5.26. The molecule has 48 valence electrons. The number of terminal acetylenes is 1. The van der Waals surface area contributed by atoms with Crippen molar-refractivity contribution in [1.82, 2.24) is 4.90 Å². The van der Waals surface area contributed by atoms with Crippen molar-refractivity contribution < 1.29 is 4.79 Å². The summed E-state index contributed by atoms with van der Waals surface area (Å²) < 4.78 is 0. The standard InChI is InChI=1S/C7H9NO/c1-2-8-6-4-3-5-7(8)9/h1H,3-6H2. The van der Waals surface area contributed by atoms with Gasteiger partial charge in [0.2, 0.25) is 5.91 Å². The van der Waals surface area contributed by atoms with Crippen molar-refractivity contribution in [2.45, 2.75) is 19.3 Å². The summed E-state index contributed by atoms with van der Waals surface area (Å²) in [5.74, 6) is 0.101. The summed E-state index contributed by atoms with van der Waals surface area (Å²) in [7, 11) is 0. The fourth-order valence-corrected chi connectivity index (χ4v) is 0.942. The lowest BCUT2D eigenvalue weighted by molar-refractivity contribution is -0.129. The molecule has 1 rings (SSSR count). The van der Waals surface area contributed by atoms with Gasteiger partial charge < -0.3 is 0 Å². The first kappa shape index (κ1) is 6.15. The highest BCUT2D eigenvalue weighted by Crippen LogP contribution is 2.08. The predicted molar refractivity (Wildman–Crippen MR) is 34.4 cm³/mol. The molecule has 0 aromatic heterocycles. The summed E-state index contributed by atoms with van der Waals surface area (Å²) in [6.45, 7) is 0.745. The molecular formula is C7H9NO. The minimum absolute atomic E-state index is 0.101. The number of hydrogen-bond donors (Lipinski definition) is 0. The van der Waals surface area contributed by atoms with Gasteiger partial charge in [0, 0.05) is 19.0 Å². The molecule has 0 unspecified atom stereocenters. The quantitative estimate of drug-likeness (QED) is 0.432. The molecule has 0 radical (unpaired) electrons. The van der Waals surface area contributed by atoms with Gasteiger partial charge in [-0.1, -0.05) is 6.42 Å².